The second-order valence-electron chi connectivity index (χ2n) is 4.15. The summed E-state index contributed by atoms with van der Waals surface area (Å²) in [5.41, 5.74) is 6.65. The van der Waals surface area contributed by atoms with Gasteiger partial charge >= 0.3 is 0 Å². The fourth-order valence-corrected chi connectivity index (χ4v) is 3.35. The summed E-state index contributed by atoms with van der Waals surface area (Å²) in [7, 11) is -3.29. The van der Waals surface area contributed by atoms with Crippen LogP contribution < -0.4 is 5.73 Å². The molecule has 1 aromatic carbocycles. The number of nitrogens with zero attached hydrogens (tertiary/aromatic N) is 2. The molecule has 6 heteroatoms. The van der Waals surface area contributed by atoms with Gasteiger partial charge in [0.1, 0.15) is 0 Å². The summed E-state index contributed by atoms with van der Waals surface area (Å²) in [6.07, 6.45) is 0. The Bertz CT molecular complexity index is 556. The maximum Gasteiger partial charge on any atom is 0.218 e. The van der Waals surface area contributed by atoms with E-state index in [9.17, 15) is 8.42 Å². The van der Waals surface area contributed by atoms with Crippen molar-refractivity contribution in [1.82, 2.24) is 4.31 Å². The Balaban J connectivity index is 2.13. The van der Waals surface area contributed by atoms with Crippen molar-refractivity contribution < 1.29 is 8.42 Å². The fourth-order valence-electron chi connectivity index (χ4n) is 1.73. The van der Waals surface area contributed by atoms with Crippen molar-refractivity contribution >= 4 is 10.0 Å². The van der Waals surface area contributed by atoms with Crippen molar-refractivity contribution in [2.45, 2.75) is 11.8 Å². The molecule has 1 aliphatic heterocycles. The molecule has 1 saturated heterocycles. The average Bonchev–Trinajstić information content (AvgIpc) is 2.24. The zero-order valence-electron chi connectivity index (χ0n) is 9.20. The Kier molecular flexibility index (Phi) is 3.15. The third-order valence-corrected chi connectivity index (χ3v) is 4.46. The van der Waals surface area contributed by atoms with Gasteiger partial charge in [0.2, 0.25) is 10.0 Å². The second kappa shape index (κ2) is 4.45. The summed E-state index contributed by atoms with van der Waals surface area (Å²) in [6.45, 7) is 0.778. The topological polar surface area (TPSA) is 87.2 Å². The Labute approximate surface area is 101 Å². The molecule has 0 amide bonds. The van der Waals surface area contributed by atoms with Gasteiger partial charge in [0.25, 0.3) is 0 Å². The smallest absolute Gasteiger partial charge is 0.218 e. The molecule has 1 aliphatic rings. The van der Waals surface area contributed by atoms with E-state index in [1.807, 2.05) is 6.07 Å². The molecule has 0 bridgehead atoms. The SMILES string of the molecule is N#Cc1cccc(CS(=O)(=O)N2CC(N)C2)c1. The van der Waals surface area contributed by atoms with E-state index in [0.717, 1.165) is 0 Å². The first-order chi connectivity index (χ1) is 8.01. The second-order valence-corrected chi connectivity index (χ2v) is 6.11. The number of nitrogens with two attached hydrogens (primary N) is 1. The van der Waals surface area contributed by atoms with E-state index < -0.39 is 10.0 Å². The predicted octanol–water partition coefficient (Wildman–Crippen LogP) is 0.0310. The molecule has 2 rings (SSSR count). The third-order valence-electron chi connectivity index (χ3n) is 2.67. The van der Waals surface area contributed by atoms with Crippen LogP contribution in [0.15, 0.2) is 24.3 Å². The van der Waals surface area contributed by atoms with Crippen LogP contribution in [0.4, 0.5) is 0 Å². The van der Waals surface area contributed by atoms with E-state index in [-0.39, 0.29) is 11.8 Å². The average molecular weight is 251 g/mol. The van der Waals surface area contributed by atoms with Gasteiger partial charge in [0.15, 0.2) is 0 Å². The minimum atomic E-state index is -3.29. The van der Waals surface area contributed by atoms with Crippen LogP contribution in [0.5, 0.6) is 0 Å². The predicted molar refractivity (Wildman–Crippen MR) is 63.3 cm³/mol. The monoisotopic (exact) mass is 251 g/mol. The normalized spacial score (nSPS) is 17.4. The summed E-state index contributed by atoms with van der Waals surface area (Å²) in [5, 5.41) is 8.74. The lowest BCUT2D eigenvalue weighted by molar-refractivity contribution is 0.265. The fraction of sp³-hybridized carbons (Fsp3) is 0.364. The lowest BCUT2D eigenvalue weighted by Crippen LogP contribution is -2.57. The highest BCUT2D eigenvalue weighted by Crippen LogP contribution is 2.17. The minimum Gasteiger partial charge on any atom is -0.325 e. The molecule has 1 aromatic rings. The van der Waals surface area contributed by atoms with Gasteiger partial charge in [-0.3, -0.25) is 0 Å². The zero-order chi connectivity index (χ0) is 12.5. The van der Waals surface area contributed by atoms with Gasteiger partial charge < -0.3 is 5.73 Å². The quantitative estimate of drug-likeness (QED) is 0.821. The largest absolute Gasteiger partial charge is 0.325 e. The van der Waals surface area contributed by atoms with Gasteiger partial charge in [-0.1, -0.05) is 12.1 Å². The van der Waals surface area contributed by atoms with Crippen LogP contribution in [-0.4, -0.2) is 31.9 Å². The van der Waals surface area contributed by atoms with Crippen molar-refractivity contribution in [2.24, 2.45) is 5.73 Å². The van der Waals surface area contributed by atoms with E-state index in [0.29, 0.717) is 24.2 Å². The number of sulfonamides is 1. The highest BCUT2D eigenvalue weighted by Gasteiger charge is 2.33. The molecular formula is C11H13N3O2S. The van der Waals surface area contributed by atoms with E-state index >= 15 is 0 Å². The van der Waals surface area contributed by atoms with E-state index in [2.05, 4.69) is 0 Å². The maximum absolute atomic E-state index is 11.9. The molecule has 0 aliphatic carbocycles. The lowest BCUT2D eigenvalue weighted by Gasteiger charge is -2.35. The minimum absolute atomic E-state index is 0.0461. The number of benzene rings is 1. The first-order valence-corrected chi connectivity index (χ1v) is 6.84. The Morgan fingerprint density at radius 2 is 2.18 bits per heavy atom. The first kappa shape index (κ1) is 12.0. The number of nitriles is 1. The van der Waals surface area contributed by atoms with Crippen LogP contribution in [0.1, 0.15) is 11.1 Å². The molecule has 0 saturated carbocycles. The highest BCUT2D eigenvalue weighted by atomic mass is 32.2. The van der Waals surface area contributed by atoms with Crippen LogP contribution >= 0.6 is 0 Å². The van der Waals surface area contributed by atoms with Crippen LogP contribution in [-0.2, 0) is 15.8 Å². The molecule has 0 spiro atoms. The Hall–Kier alpha value is -1.42. The van der Waals surface area contributed by atoms with Crippen molar-refractivity contribution in [3.63, 3.8) is 0 Å². The molecule has 90 valence electrons. The third kappa shape index (κ3) is 2.64. The standard InChI is InChI=1S/C11H13N3O2S/c12-5-9-2-1-3-10(4-9)8-17(15,16)14-6-11(13)7-14/h1-4,11H,6-8,13H2. The Morgan fingerprint density at radius 1 is 1.47 bits per heavy atom. The van der Waals surface area contributed by atoms with Gasteiger partial charge in [0, 0.05) is 19.1 Å². The van der Waals surface area contributed by atoms with Crippen molar-refractivity contribution in [1.29, 1.82) is 5.26 Å². The lowest BCUT2D eigenvalue weighted by atomic mass is 10.2. The van der Waals surface area contributed by atoms with Gasteiger partial charge in [0.05, 0.1) is 17.4 Å². The molecule has 1 fully saturated rings. The van der Waals surface area contributed by atoms with Gasteiger partial charge in [-0.05, 0) is 17.7 Å². The van der Waals surface area contributed by atoms with Crippen LogP contribution in [0.3, 0.4) is 0 Å². The first-order valence-electron chi connectivity index (χ1n) is 5.24. The van der Waals surface area contributed by atoms with Crippen LogP contribution in [0, 0.1) is 11.3 Å². The van der Waals surface area contributed by atoms with Crippen molar-refractivity contribution in [3.8, 4) is 6.07 Å². The molecule has 0 atom stereocenters. The van der Waals surface area contributed by atoms with Gasteiger partial charge in [-0.15, -0.1) is 0 Å². The summed E-state index contributed by atoms with van der Waals surface area (Å²) >= 11 is 0. The van der Waals surface area contributed by atoms with E-state index in [1.54, 1.807) is 24.3 Å². The van der Waals surface area contributed by atoms with Gasteiger partial charge in [-0.25, -0.2) is 8.42 Å². The maximum atomic E-state index is 11.9. The summed E-state index contributed by atoms with van der Waals surface area (Å²) in [5.74, 6) is -0.0742. The number of hydrogen-bond donors (Lipinski definition) is 1. The molecule has 0 unspecified atom stereocenters. The number of hydrogen-bond acceptors (Lipinski definition) is 4. The summed E-state index contributed by atoms with van der Waals surface area (Å²) in [4.78, 5) is 0. The van der Waals surface area contributed by atoms with E-state index in [1.165, 1.54) is 4.31 Å². The molecule has 1 heterocycles. The molecular weight excluding hydrogens is 238 g/mol. The molecule has 0 aromatic heterocycles. The summed E-state index contributed by atoms with van der Waals surface area (Å²) in [6, 6.07) is 8.58. The van der Waals surface area contributed by atoms with Crippen LogP contribution in [0.2, 0.25) is 0 Å². The molecule has 2 N–H and O–H groups in total. The molecule has 17 heavy (non-hydrogen) atoms. The number of rotatable bonds is 3. The highest BCUT2D eigenvalue weighted by molar-refractivity contribution is 7.88. The molecule has 5 nitrogen and oxygen atoms in total. The van der Waals surface area contributed by atoms with Crippen LogP contribution in [0.25, 0.3) is 0 Å². The van der Waals surface area contributed by atoms with Gasteiger partial charge in [-0.2, -0.15) is 9.57 Å². The van der Waals surface area contributed by atoms with Crippen molar-refractivity contribution in [3.05, 3.63) is 35.4 Å². The van der Waals surface area contributed by atoms with E-state index in [4.69, 9.17) is 11.0 Å². The van der Waals surface area contributed by atoms with Crippen molar-refractivity contribution in [2.75, 3.05) is 13.1 Å². The molecule has 0 radical (unpaired) electrons. The summed E-state index contributed by atoms with van der Waals surface area (Å²) < 4.78 is 25.2. The zero-order valence-corrected chi connectivity index (χ0v) is 10.0. The Morgan fingerprint density at radius 3 is 2.76 bits per heavy atom.